The Morgan fingerprint density at radius 1 is 0.526 bits per heavy atom. The van der Waals surface area contributed by atoms with Gasteiger partial charge in [0, 0.05) is 0 Å². The maximum absolute atomic E-state index is 9.93. The number of hydrogen-bond acceptors (Lipinski definition) is 1. The molecule has 108 valence electrons. The Kier molecular flexibility index (Phi) is 3.38. The van der Waals surface area contributed by atoms with Crippen LogP contribution in [0.1, 0.15) is 70.6 Å². The molecule has 0 amide bonds. The van der Waals surface area contributed by atoms with E-state index >= 15 is 0 Å². The Morgan fingerprint density at radius 3 is 2.00 bits per heavy atom. The van der Waals surface area contributed by atoms with Crippen LogP contribution in [0, 0.1) is 35.5 Å². The zero-order chi connectivity index (χ0) is 12.8. The quantitative estimate of drug-likeness (QED) is 0.686. The lowest BCUT2D eigenvalue weighted by atomic mass is 9.59. The summed E-state index contributed by atoms with van der Waals surface area (Å²) in [6.07, 6.45) is 15.7. The highest BCUT2D eigenvalue weighted by atomic mass is 16.3. The fourth-order valence-corrected chi connectivity index (χ4v) is 6.49. The molecule has 4 fully saturated rings. The molecule has 4 aliphatic carbocycles. The smallest absolute Gasteiger partial charge is 0.0543 e. The third kappa shape index (κ3) is 2.26. The van der Waals surface area contributed by atoms with E-state index in [0.29, 0.717) is 0 Å². The van der Waals surface area contributed by atoms with Crippen molar-refractivity contribution in [3.8, 4) is 0 Å². The van der Waals surface area contributed by atoms with Crippen LogP contribution >= 0.6 is 0 Å². The predicted molar refractivity (Wildman–Crippen MR) is 77.7 cm³/mol. The highest BCUT2D eigenvalue weighted by Gasteiger charge is 2.45. The van der Waals surface area contributed by atoms with E-state index in [4.69, 9.17) is 0 Å². The molecule has 0 aromatic heterocycles. The lowest BCUT2D eigenvalue weighted by Crippen LogP contribution is -2.39. The van der Waals surface area contributed by atoms with E-state index < -0.39 is 0 Å². The van der Waals surface area contributed by atoms with Crippen LogP contribution < -0.4 is 0 Å². The molecule has 0 radical (unpaired) electrons. The Bertz CT molecular complexity index is 326. The Labute approximate surface area is 118 Å². The van der Waals surface area contributed by atoms with Crippen molar-refractivity contribution in [1.29, 1.82) is 0 Å². The maximum Gasteiger partial charge on any atom is 0.0543 e. The summed E-state index contributed by atoms with van der Waals surface area (Å²) in [5.41, 5.74) is 0. The fraction of sp³-hybridized carbons (Fsp3) is 1.00. The molecule has 4 saturated carbocycles. The van der Waals surface area contributed by atoms with E-state index in [9.17, 15) is 5.11 Å². The first-order valence-corrected chi connectivity index (χ1v) is 8.99. The van der Waals surface area contributed by atoms with E-state index in [-0.39, 0.29) is 6.10 Å². The van der Waals surface area contributed by atoms with E-state index in [1.165, 1.54) is 44.9 Å². The summed E-state index contributed by atoms with van der Waals surface area (Å²) in [4.78, 5) is 0. The normalized spacial score (nSPS) is 53.8. The SMILES string of the molecule is OC1CCC2C(CCC3CC4CCC[C@@H]4CCC32)C1. The molecule has 0 bridgehead atoms. The fourth-order valence-electron chi connectivity index (χ4n) is 6.49. The van der Waals surface area contributed by atoms with Gasteiger partial charge in [0.05, 0.1) is 6.10 Å². The highest BCUT2D eigenvalue weighted by molar-refractivity contribution is 4.95. The van der Waals surface area contributed by atoms with Gasteiger partial charge in [-0.1, -0.05) is 19.3 Å². The third-order valence-electron chi connectivity index (χ3n) is 7.37. The molecule has 7 atom stereocenters. The van der Waals surface area contributed by atoms with Crippen LogP contribution in [0.4, 0.5) is 0 Å². The first-order chi connectivity index (χ1) is 9.31. The minimum Gasteiger partial charge on any atom is -0.393 e. The second-order valence-electron chi connectivity index (χ2n) is 8.16. The van der Waals surface area contributed by atoms with Gasteiger partial charge in [0.1, 0.15) is 0 Å². The van der Waals surface area contributed by atoms with Crippen molar-refractivity contribution in [3.63, 3.8) is 0 Å². The summed E-state index contributed by atoms with van der Waals surface area (Å²) in [6.45, 7) is 0. The summed E-state index contributed by atoms with van der Waals surface area (Å²) in [5, 5.41) is 9.93. The number of fused-ring (bicyclic) bond motifs is 4. The predicted octanol–water partition coefficient (Wildman–Crippen LogP) is 4.39. The average Bonchev–Trinajstić information content (AvgIpc) is 2.77. The van der Waals surface area contributed by atoms with Crippen molar-refractivity contribution in [2.24, 2.45) is 35.5 Å². The van der Waals surface area contributed by atoms with Gasteiger partial charge < -0.3 is 5.11 Å². The van der Waals surface area contributed by atoms with Gasteiger partial charge in [0.2, 0.25) is 0 Å². The molecule has 0 spiro atoms. The van der Waals surface area contributed by atoms with Crippen LogP contribution in [0.5, 0.6) is 0 Å². The van der Waals surface area contributed by atoms with Crippen molar-refractivity contribution in [3.05, 3.63) is 0 Å². The summed E-state index contributed by atoms with van der Waals surface area (Å²) < 4.78 is 0. The van der Waals surface area contributed by atoms with Crippen molar-refractivity contribution in [2.45, 2.75) is 76.7 Å². The highest BCUT2D eigenvalue weighted by Crippen LogP contribution is 2.54. The van der Waals surface area contributed by atoms with E-state index in [0.717, 1.165) is 48.3 Å². The molecule has 19 heavy (non-hydrogen) atoms. The molecule has 6 unspecified atom stereocenters. The van der Waals surface area contributed by atoms with Crippen LogP contribution in [0.3, 0.4) is 0 Å². The molecule has 4 rings (SSSR count). The van der Waals surface area contributed by atoms with Gasteiger partial charge in [-0.15, -0.1) is 0 Å². The molecule has 0 saturated heterocycles. The van der Waals surface area contributed by atoms with Gasteiger partial charge in [-0.2, -0.15) is 0 Å². The van der Waals surface area contributed by atoms with Gasteiger partial charge >= 0.3 is 0 Å². The van der Waals surface area contributed by atoms with E-state index in [1.807, 2.05) is 0 Å². The standard InChI is InChI=1S/C18H30O/c19-16-7-9-18-15(11-16)5-4-14-10-13-3-1-2-12(13)6-8-17(14)18/h12-19H,1-11H2/t12-,13?,14?,15?,16?,17?,18?/m1/s1. The summed E-state index contributed by atoms with van der Waals surface area (Å²) in [6, 6.07) is 0. The Morgan fingerprint density at radius 2 is 1.16 bits per heavy atom. The number of hydrogen-bond donors (Lipinski definition) is 1. The zero-order valence-electron chi connectivity index (χ0n) is 12.3. The first kappa shape index (κ1) is 12.7. The topological polar surface area (TPSA) is 20.2 Å². The first-order valence-electron chi connectivity index (χ1n) is 8.99. The van der Waals surface area contributed by atoms with Gasteiger partial charge in [0.25, 0.3) is 0 Å². The largest absolute Gasteiger partial charge is 0.393 e. The second kappa shape index (κ2) is 5.06. The van der Waals surface area contributed by atoms with Crippen LogP contribution in [-0.4, -0.2) is 11.2 Å². The number of rotatable bonds is 0. The summed E-state index contributed by atoms with van der Waals surface area (Å²) >= 11 is 0. The third-order valence-corrected chi connectivity index (χ3v) is 7.37. The van der Waals surface area contributed by atoms with Gasteiger partial charge in [0.15, 0.2) is 0 Å². The molecule has 0 heterocycles. The molecule has 1 heteroatoms. The molecule has 0 aliphatic heterocycles. The molecule has 0 aromatic rings. The van der Waals surface area contributed by atoms with E-state index in [1.54, 1.807) is 12.8 Å². The summed E-state index contributed by atoms with van der Waals surface area (Å²) in [5.74, 6) is 6.16. The lowest BCUT2D eigenvalue weighted by Gasteiger charge is -2.47. The molecule has 1 N–H and O–H groups in total. The second-order valence-corrected chi connectivity index (χ2v) is 8.16. The van der Waals surface area contributed by atoms with E-state index in [2.05, 4.69) is 0 Å². The van der Waals surface area contributed by atoms with Crippen molar-refractivity contribution in [2.75, 3.05) is 0 Å². The average molecular weight is 262 g/mol. The number of aliphatic hydroxyl groups excluding tert-OH is 1. The zero-order valence-corrected chi connectivity index (χ0v) is 12.3. The van der Waals surface area contributed by atoms with Gasteiger partial charge in [-0.05, 0) is 86.9 Å². The molecule has 0 aromatic carbocycles. The van der Waals surface area contributed by atoms with Crippen LogP contribution in [0.2, 0.25) is 0 Å². The minimum absolute atomic E-state index is 0.0305. The molecular weight excluding hydrogens is 232 g/mol. The van der Waals surface area contributed by atoms with Gasteiger partial charge in [-0.25, -0.2) is 0 Å². The Balaban J connectivity index is 1.50. The molecular formula is C18H30O. The monoisotopic (exact) mass is 262 g/mol. The van der Waals surface area contributed by atoms with Gasteiger partial charge in [-0.3, -0.25) is 0 Å². The van der Waals surface area contributed by atoms with Crippen molar-refractivity contribution >= 4 is 0 Å². The Hall–Kier alpha value is -0.0400. The van der Waals surface area contributed by atoms with Crippen LogP contribution in [0.15, 0.2) is 0 Å². The molecule has 4 aliphatic rings. The minimum atomic E-state index is 0.0305. The maximum atomic E-state index is 9.93. The van der Waals surface area contributed by atoms with Crippen LogP contribution in [0.25, 0.3) is 0 Å². The number of aliphatic hydroxyl groups is 1. The van der Waals surface area contributed by atoms with Crippen molar-refractivity contribution < 1.29 is 5.11 Å². The van der Waals surface area contributed by atoms with Crippen molar-refractivity contribution in [1.82, 2.24) is 0 Å². The molecule has 1 nitrogen and oxygen atoms in total. The van der Waals surface area contributed by atoms with Crippen LogP contribution in [-0.2, 0) is 0 Å². The summed E-state index contributed by atoms with van der Waals surface area (Å²) in [7, 11) is 0. The lowest BCUT2D eigenvalue weighted by molar-refractivity contribution is -0.00663.